The van der Waals surface area contributed by atoms with Crippen LogP contribution in [0.4, 0.5) is 9.80 Å². The van der Waals surface area contributed by atoms with Crippen molar-refractivity contribution in [2.75, 3.05) is 45.0 Å². The second-order valence-corrected chi connectivity index (χ2v) is 17.4. The summed E-state index contributed by atoms with van der Waals surface area (Å²) in [5, 5.41) is 38.1. The Bertz CT molecular complexity index is 2150. The van der Waals surface area contributed by atoms with Gasteiger partial charge in [0.2, 0.25) is 0 Å². The second kappa shape index (κ2) is 13.8. The van der Waals surface area contributed by atoms with Gasteiger partial charge < -0.3 is 25.4 Å². The highest BCUT2D eigenvalue weighted by Crippen LogP contribution is 2.54. The number of nitrogens with zero attached hydrogens (tertiary/aromatic N) is 11. The molecule has 2 aliphatic carbocycles. The van der Waals surface area contributed by atoms with Gasteiger partial charge in [-0.05, 0) is 104 Å². The van der Waals surface area contributed by atoms with Crippen molar-refractivity contribution in [3.63, 3.8) is 0 Å². The number of carbonyl (C=O) groups excluding carboxylic acids is 1. The predicted molar refractivity (Wildman–Crippen MR) is 207 cm³/mol. The van der Waals surface area contributed by atoms with Gasteiger partial charge in [-0.15, -0.1) is 16.4 Å². The van der Waals surface area contributed by atoms with E-state index in [1.165, 1.54) is 16.0 Å². The second-order valence-electron chi connectivity index (χ2n) is 16.3. The minimum atomic E-state index is -0.834. The predicted octanol–water partition coefficient (Wildman–Crippen LogP) is 4.19. The minimum absolute atomic E-state index is 0.239. The monoisotopic (exact) mass is 763 g/mol. The summed E-state index contributed by atoms with van der Waals surface area (Å²) in [4.78, 5) is 29.2. The van der Waals surface area contributed by atoms with Crippen molar-refractivity contribution in [1.82, 2.24) is 45.1 Å². The van der Waals surface area contributed by atoms with Crippen LogP contribution in [0.2, 0.25) is 0 Å². The molecule has 0 bridgehead atoms. The molecule has 0 aromatic carbocycles. The van der Waals surface area contributed by atoms with Crippen LogP contribution in [-0.2, 0) is 18.3 Å². The molecule has 5 atom stereocenters. The normalized spacial score (nSPS) is 29.9. The number of amidine groups is 1. The van der Waals surface area contributed by atoms with E-state index >= 15 is 0 Å². The molecule has 3 unspecified atom stereocenters. The van der Waals surface area contributed by atoms with Crippen LogP contribution in [0, 0.1) is 29.6 Å². The summed E-state index contributed by atoms with van der Waals surface area (Å²) in [5.74, 6) is 0.617. The molecular weight excluding hydrogens is 715 g/mol. The molecule has 9 rings (SSSR count). The lowest BCUT2D eigenvalue weighted by molar-refractivity contribution is 0.0354. The van der Waals surface area contributed by atoms with Gasteiger partial charge in [0, 0.05) is 53.6 Å². The number of rotatable bonds is 2. The Kier molecular flexibility index (Phi) is 8.98. The van der Waals surface area contributed by atoms with E-state index in [4.69, 9.17) is 20.4 Å². The lowest BCUT2D eigenvalue weighted by Gasteiger charge is -2.47. The van der Waals surface area contributed by atoms with E-state index in [1.807, 2.05) is 0 Å². The van der Waals surface area contributed by atoms with Gasteiger partial charge in [0.1, 0.15) is 22.9 Å². The van der Waals surface area contributed by atoms with Crippen LogP contribution in [-0.4, -0.2) is 115 Å². The molecule has 0 saturated carbocycles. The van der Waals surface area contributed by atoms with Crippen molar-refractivity contribution in [3.8, 4) is 12.1 Å². The summed E-state index contributed by atoms with van der Waals surface area (Å²) in [5.41, 5.74) is 11.2. The maximum Gasteiger partial charge on any atom is 0.347 e. The van der Waals surface area contributed by atoms with E-state index < -0.39 is 17.2 Å². The first kappa shape index (κ1) is 35.9. The number of nitrogens with two attached hydrogens (primary N) is 1. The number of fused-ring (bicyclic) bond motifs is 5. The zero-order valence-electron chi connectivity index (χ0n) is 31.9. The largest absolute Gasteiger partial charge is 0.389 e. The minimum Gasteiger partial charge on any atom is -0.389 e. The van der Waals surface area contributed by atoms with Gasteiger partial charge in [0.25, 0.3) is 0 Å². The fraction of sp³-hybridized carbons (Fsp3) is 0.615. The molecule has 7 heterocycles. The molecule has 3 saturated heterocycles. The molecule has 55 heavy (non-hydrogen) atoms. The topological polar surface area (TPSA) is 185 Å². The first-order valence-electron chi connectivity index (χ1n) is 19.9. The molecule has 16 heteroatoms. The van der Waals surface area contributed by atoms with Crippen LogP contribution in [0.3, 0.4) is 0 Å². The Labute approximate surface area is 325 Å². The third kappa shape index (κ3) is 5.83. The average molecular weight is 764 g/mol. The van der Waals surface area contributed by atoms with Crippen LogP contribution in [0.25, 0.3) is 5.70 Å². The summed E-state index contributed by atoms with van der Waals surface area (Å²) in [6, 6.07) is 4.45. The Morgan fingerprint density at radius 3 is 2.67 bits per heavy atom. The van der Waals surface area contributed by atoms with E-state index in [9.17, 15) is 15.3 Å². The summed E-state index contributed by atoms with van der Waals surface area (Å²) in [7, 11) is 0. The van der Waals surface area contributed by atoms with E-state index in [0.29, 0.717) is 47.6 Å². The highest BCUT2D eigenvalue weighted by Gasteiger charge is 2.50. The quantitative estimate of drug-likeness (QED) is 0.380. The fourth-order valence-electron chi connectivity index (χ4n) is 10.6. The molecule has 4 aliphatic heterocycles. The Morgan fingerprint density at radius 2 is 1.89 bits per heavy atom. The van der Waals surface area contributed by atoms with E-state index in [1.54, 1.807) is 29.4 Å². The number of nitrogen functional groups attached to an aromatic ring is 1. The summed E-state index contributed by atoms with van der Waals surface area (Å²) < 4.78 is 7.69. The molecule has 6 aliphatic rings. The van der Waals surface area contributed by atoms with Crippen molar-refractivity contribution < 1.29 is 9.32 Å². The highest BCUT2D eigenvalue weighted by molar-refractivity contribution is 7.16. The van der Waals surface area contributed by atoms with Crippen molar-refractivity contribution in [3.05, 3.63) is 51.0 Å². The summed E-state index contributed by atoms with van der Waals surface area (Å²) >= 11 is 1.55. The highest BCUT2D eigenvalue weighted by atomic mass is 32.1. The van der Waals surface area contributed by atoms with Gasteiger partial charge in [-0.1, -0.05) is 10.4 Å². The number of nitrogens with one attached hydrogen (secondary N) is 1. The maximum absolute atomic E-state index is 13.6. The van der Waals surface area contributed by atoms with Gasteiger partial charge in [0.15, 0.2) is 11.5 Å². The SMILES string of the molecule is Cc1cn(C(=O)N2CCCN(C3=NC(C)(N4CCCN5CCCC5C4C)NC(c4onc5c4CCC[C@@]54CCCc5sc(N)c(C#N)c54)=C3)C[C@H]2C#N)nn1. The van der Waals surface area contributed by atoms with Gasteiger partial charge in [-0.25, -0.2) is 9.79 Å². The fourth-order valence-corrected chi connectivity index (χ4v) is 11.8. The van der Waals surface area contributed by atoms with Gasteiger partial charge in [-0.2, -0.15) is 15.2 Å². The third-order valence-electron chi connectivity index (χ3n) is 13.1. The van der Waals surface area contributed by atoms with Crippen LogP contribution < -0.4 is 11.1 Å². The molecule has 1 spiro atoms. The van der Waals surface area contributed by atoms with Crippen molar-refractivity contribution in [2.24, 2.45) is 4.99 Å². The number of nitriles is 2. The molecule has 3 aromatic heterocycles. The van der Waals surface area contributed by atoms with Gasteiger partial charge >= 0.3 is 6.03 Å². The molecule has 3 N–H and O–H groups in total. The summed E-state index contributed by atoms with van der Waals surface area (Å²) in [6.07, 6.45) is 13.2. The first-order chi connectivity index (χ1) is 26.6. The van der Waals surface area contributed by atoms with Crippen molar-refractivity contribution in [1.29, 1.82) is 10.5 Å². The number of thiophene rings is 1. The standard InChI is InChI=1S/C39H49N13O2S/c1-24-22-52(47-45-24)37(53)50-17-7-16-49(23-26(50)20-40)32-19-29(43-38(3,44-32)51-18-8-15-48-14-6-10-30(48)25(51)2)34-27-9-4-12-39(35(27)46-54-34)13-5-11-31-33(39)28(21-41)36(42)55-31/h19,22,25-26,30,43H,4-18,23,42H2,1-3H3/t25?,26-,30?,38?,39+/m1/s1. The van der Waals surface area contributed by atoms with Crippen LogP contribution >= 0.6 is 11.3 Å². The first-order valence-corrected chi connectivity index (χ1v) is 20.7. The van der Waals surface area contributed by atoms with Crippen LogP contribution in [0.5, 0.6) is 0 Å². The Balaban J connectivity index is 1.12. The lowest BCUT2D eigenvalue weighted by Crippen LogP contribution is -2.62. The average Bonchev–Trinajstić information content (AvgIpc) is 3.95. The molecular formula is C39H49N13O2S. The smallest absolute Gasteiger partial charge is 0.347 e. The molecule has 0 radical (unpaired) electrons. The van der Waals surface area contributed by atoms with Gasteiger partial charge in [-0.3, -0.25) is 9.80 Å². The van der Waals surface area contributed by atoms with Crippen molar-refractivity contribution in [2.45, 2.75) is 114 Å². The van der Waals surface area contributed by atoms with Crippen LogP contribution in [0.1, 0.15) is 104 Å². The van der Waals surface area contributed by atoms with Gasteiger partial charge in [0.05, 0.1) is 41.5 Å². The molecule has 1 amide bonds. The lowest BCUT2D eigenvalue weighted by atomic mass is 9.62. The Morgan fingerprint density at radius 1 is 1.09 bits per heavy atom. The van der Waals surface area contributed by atoms with E-state index in [0.717, 1.165) is 99.4 Å². The Hall–Kier alpha value is -4.77. The molecule has 288 valence electrons. The number of amides is 1. The summed E-state index contributed by atoms with van der Waals surface area (Å²) in [6.45, 7) is 10.7. The number of hydrogen-bond donors (Lipinski definition) is 2. The number of aryl methyl sites for hydroxylation is 2. The van der Waals surface area contributed by atoms with Crippen molar-refractivity contribution >= 4 is 33.9 Å². The van der Waals surface area contributed by atoms with Crippen LogP contribution in [0.15, 0.2) is 21.8 Å². The number of anilines is 1. The van der Waals surface area contributed by atoms with E-state index in [2.05, 4.69) is 62.4 Å². The zero-order valence-corrected chi connectivity index (χ0v) is 32.7. The van der Waals surface area contributed by atoms with E-state index in [-0.39, 0.29) is 18.6 Å². The third-order valence-corrected chi connectivity index (χ3v) is 14.2. The zero-order chi connectivity index (χ0) is 38.1. The number of hydrogen-bond acceptors (Lipinski definition) is 14. The number of aromatic nitrogens is 4. The number of aliphatic imine (C=N–C) groups is 1. The number of carbonyl (C=O) groups is 1. The molecule has 15 nitrogen and oxygen atoms in total. The maximum atomic E-state index is 13.6. The molecule has 3 fully saturated rings. The molecule has 3 aromatic rings.